The molecule has 0 fully saturated rings. The van der Waals surface area contributed by atoms with E-state index in [1.54, 1.807) is 4.90 Å². The van der Waals surface area contributed by atoms with Crippen molar-refractivity contribution in [2.45, 2.75) is 45.2 Å². The fraction of sp³-hybridized carbons (Fsp3) is 0.533. The van der Waals surface area contributed by atoms with Crippen LogP contribution in [0.25, 0.3) is 0 Å². The Kier molecular flexibility index (Phi) is 5.86. The Labute approximate surface area is 110 Å². The van der Waals surface area contributed by atoms with Gasteiger partial charge < -0.3 is 10.6 Å². The molecule has 2 unspecified atom stereocenters. The smallest absolute Gasteiger partial charge is 0.239 e. The maximum atomic E-state index is 12.1. The zero-order valence-electron chi connectivity index (χ0n) is 11.6. The van der Waals surface area contributed by atoms with E-state index >= 15 is 0 Å². The van der Waals surface area contributed by atoms with Gasteiger partial charge in [-0.2, -0.15) is 0 Å². The minimum absolute atomic E-state index is 0.0419. The molecule has 2 N–H and O–H groups in total. The van der Waals surface area contributed by atoms with Gasteiger partial charge in [-0.3, -0.25) is 4.79 Å². The van der Waals surface area contributed by atoms with Crippen LogP contribution in [0.3, 0.4) is 0 Å². The fourth-order valence-corrected chi connectivity index (χ4v) is 1.84. The van der Waals surface area contributed by atoms with Crippen molar-refractivity contribution in [3.8, 4) is 0 Å². The topological polar surface area (TPSA) is 46.3 Å². The van der Waals surface area contributed by atoms with Crippen LogP contribution in [0.15, 0.2) is 30.3 Å². The number of hydrogen-bond donors (Lipinski definition) is 1. The molecule has 0 spiro atoms. The first-order valence-corrected chi connectivity index (χ1v) is 6.62. The summed E-state index contributed by atoms with van der Waals surface area (Å²) < 4.78 is 0. The molecule has 1 rings (SSSR count). The molecule has 0 aliphatic carbocycles. The van der Waals surface area contributed by atoms with E-state index in [9.17, 15) is 4.79 Å². The number of carbonyl (C=O) groups is 1. The second-order valence-electron chi connectivity index (χ2n) is 4.84. The zero-order chi connectivity index (χ0) is 13.5. The average molecular weight is 248 g/mol. The predicted octanol–water partition coefficient (Wildman–Crippen LogP) is 2.20. The quantitative estimate of drug-likeness (QED) is 0.839. The van der Waals surface area contributed by atoms with Crippen molar-refractivity contribution in [3.63, 3.8) is 0 Å². The lowest BCUT2D eigenvalue weighted by Gasteiger charge is -2.26. The van der Waals surface area contributed by atoms with Gasteiger partial charge >= 0.3 is 0 Å². The van der Waals surface area contributed by atoms with Crippen LogP contribution >= 0.6 is 0 Å². The number of carbonyl (C=O) groups excluding carboxylic acids is 1. The first kappa shape index (κ1) is 14.7. The second-order valence-corrected chi connectivity index (χ2v) is 4.84. The third-order valence-electron chi connectivity index (χ3n) is 3.50. The summed E-state index contributed by atoms with van der Waals surface area (Å²) in [6.07, 6.45) is 2.50. The molecule has 0 aliphatic heterocycles. The number of rotatable bonds is 6. The van der Waals surface area contributed by atoms with Crippen LogP contribution in [-0.2, 0) is 11.2 Å². The molecule has 1 amide bonds. The predicted molar refractivity (Wildman–Crippen MR) is 75.3 cm³/mol. The molecule has 3 heteroatoms. The monoisotopic (exact) mass is 248 g/mol. The van der Waals surface area contributed by atoms with Crippen LogP contribution in [0.2, 0.25) is 0 Å². The number of aryl methyl sites for hydroxylation is 1. The van der Waals surface area contributed by atoms with Crippen molar-refractivity contribution in [2.75, 3.05) is 7.05 Å². The number of nitrogens with two attached hydrogens (primary N) is 1. The Morgan fingerprint density at radius 3 is 2.50 bits per heavy atom. The van der Waals surface area contributed by atoms with E-state index in [0.717, 1.165) is 12.8 Å². The minimum Gasteiger partial charge on any atom is -0.342 e. The zero-order valence-corrected chi connectivity index (χ0v) is 11.6. The fourth-order valence-electron chi connectivity index (χ4n) is 1.84. The molecule has 0 aromatic heterocycles. The molecule has 2 atom stereocenters. The molecule has 0 heterocycles. The number of likely N-dealkylation sites (N-methyl/N-ethyl adjacent to an activating group) is 1. The van der Waals surface area contributed by atoms with Crippen molar-refractivity contribution in [1.82, 2.24) is 4.90 Å². The summed E-state index contributed by atoms with van der Waals surface area (Å²) in [5, 5.41) is 0. The minimum atomic E-state index is -0.399. The summed E-state index contributed by atoms with van der Waals surface area (Å²) in [6.45, 7) is 4.12. The van der Waals surface area contributed by atoms with E-state index in [4.69, 9.17) is 5.73 Å². The van der Waals surface area contributed by atoms with E-state index < -0.39 is 6.04 Å². The van der Waals surface area contributed by atoms with Gasteiger partial charge in [-0.25, -0.2) is 0 Å². The van der Waals surface area contributed by atoms with Crippen LogP contribution in [0, 0.1) is 0 Å². The number of nitrogens with zero attached hydrogens (tertiary/aromatic N) is 1. The van der Waals surface area contributed by atoms with Crippen molar-refractivity contribution >= 4 is 5.91 Å². The molecule has 0 saturated carbocycles. The van der Waals surface area contributed by atoms with Gasteiger partial charge in [0.05, 0.1) is 6.04 Å². The van der Waals surface area contributed by atoms with Crippen LogP contribution in [0.4, 0.5) is 0 Å². The van der Waals surface area contributed by atoms with E-state index in [-0.39, 0.29) is 11.9 Å². The molecule has 0 bridgehead atoms. The molecule has 0 radical (unpaired) electrons. The van der Waals surface area contributed by atoms with E-state index in [2.05, 4.69) is 19.1 Å². The summed E-state index contributed by atoms with van der Waals surface area (Å²) >= 11 is 0. The lowest BCUT2D eigenvalue weighted by Crippen LogP contribution is -2.45. The molecule has 100 valence electrons. The average Bonchev–Trinajstić information content (AvgIpc) is 2.43. The Bertz CT molecular complexity index is 364. The third kappa shape index (κ3) is 4.15. The van der Waals surface area contributed by atoms with Crippen LogP contribution in [0.1, 0.15) is 32.3 Å². The van der Waals surface area contributed by atoms with Crippen LogP contribution in [0.5, 0.6) is 0 Å². The van der Waals surface area contributed by atoms with E-state index in [0.29, 0.717) is 6.42 Å². The van der Waals surface area contributed by atoms with Gasteiger partial charge in [0.15, 0.2) is 0 Å². The van der Waals surface area contributed by atoms with Crippen LogP contribution < -0.4 is 5.73 Å². The van der Waals surface area contributed by atoms with Crippen molar-refractivity contribution in [2.24, 2.45) is 5.73 Å². The first-order chi connectivity index (χ1) is 8.56. The van der Waals surface area contributed by atoms with Gasteiger partial charge in [0.2, 0.25) is 5.91 Å². The lowest BCUT2D eigenvalue weighted by atomic mass is 10.0. The van der Waals surface area contributed by atoms with Gasteiger partial charge in [-0.05, 0) is 31.7 Å². The van der Waals surface area contributed by atoms with Gasteiger partial charge in [0.25, 0.3) is 0 Å². The Morgan fingerprint density at radius 2 is 1.94 bits per heavy atom. The maximum Gasteiger partial charge on any atom is 0.239 e. The SMILES string of the molecule is CCC(C)N(C)C(=O)C(N)CCc1ccccc1. The Hall–Kier alpha value is -1.35. The van der Waals surface area contributed by atoms with Crippen LogP contribution in [-0.4, -0.2) is 29.9 Å². The molecule has 0 saturated heterocycles. The lowest BCUT2D eigenvalue weighted by molar-refractivity contribution is -0.133. The summed E-state index contributed by atoms with van der Waals surface area (Å²) in [5.74, 6) is 0.0419. The van der Waals surface area contributed by atoms with Gasteiger partial charge in [0, 0.05) is 13.1 Å². The molecular weight excluding hydrogens is 224 g/mol. The maximum absolute atomic E-state index is 12.1. The largest absolute Gasteiger partial charge is 0.342 e. The Balaban J connectivity index is 2.45. The number of benzene rings is 1. The second kappa shape index (κ2) is 7.17. The molecule has 1 aromatic rings. The van der Waals surface area contributed by atoms with Gasteiger partial charge in [0.1, 0.15) is 0 Å². The highest BCUT2D eigenvalue weighted by atomic mass is 16.2. The normalized spacial score (nSPS) is 14.0. The highest BCUT2D eigenvalue weighted by molar-refractivity contribution is 5.81. The highest BCUT2D eigenvalue weighted by Crippen LogP contribution is 2.08. The van der Waals surface area contributed by atoms with Crippen molar-refractivity contribution in [1.29, 1.82) is 0 Å². The number of amides is 1. The van der Waals surface area contributed by atoms with Crippen molar-refractivity contribution < 1.29 is 4.79 Å². The summed E-state index contributed by atoms with van der Waals surface area (Å²) in [6, 6.07) is 9.99. The van der Waals surface area contributed by atoms with Gasteiger partial charge in [-0.1, -0.05) is 37.3 Å². The number of hydrogen-bond acceptors (Lipinski definition) is 2. The van der Waals surface area contributed by atoms with Crippen molar-refractivity contribution in [3.05, 3.63) is 35.9 Å². The van der Waals surface area contributed by atoms with E-state index in [1.165, 1.54) is 5.56 Å². The Morgan fingerprint density at radius 1 is 1.33 bits per heavy atom. The third-order valence-corrected chi connectivity index (χ3v) is 3.50. The first-order valence-electron chi connectivity index (χ1n) is 6.62. The molecule has 3 nitrogen and oxygen atoms in total. The highest BCUT2D eigenvalue weighted by Gasteiger charge is 2.20. The van der Waals surface area contributed by atoms with E-state index in [1.807, 2.05) is 32.2 Å². The molecule has 0 aliphatic rings. The standard InChI is InChI=1S/C15H24N2O/c1-4-12(2)17(3)15(18)14(16)11-10-13-8-6-5-7-9-13/h5-9,12,14H,4,10-11,16H2,1-3H3. The summed E-state index contributed by atoms with van der Waals surface area (Å²) in [4.78, 5) is 13.8. The van der Waals surface area contributed by atoms with Gasteiger partial charge in [-0.15, -0.1) is 0 Å². The molecule has 1 aromatic carbocycles. The summed E-state index contributed by atoms with van der Waals surface area (Å²) in [5.41, 5.74) is 7.20. The molecular formula is C15H24N2O. The molecule has 18 heavy (non-hydrogen) atoms. The summed E-state index contributed by atoms with van der Waals surface area (Å²) in [7, 11) is 1.83.